The van der Waals surface area contributed by atoms with Crippen LogP contribution in [0.2, 0.25) is 0 Å². The number of carbonyl (C=O) groups is 1. The van der Waals surface area contributed by atoms with Crippen LogP contribution in [0.3, 0.4) is 0 Å². The van der Waals surface area contributed by atoms with Crippen molar-refractivity contribution in [3.8, 4) is 11.5 Å². The molecule has 0 saturated carbocycles. The Hall–Kier alpha value is -2.74. The highest BCUT2D eigenvalue weighted by molar-refractivity contribution is 7.92. The molecule has 1 atom stereocenters. The lowest BCUT2D eigenvalue weighted by Crippen LogP contribution is -2.31. The van der Waals surface area contributed by atoms with Gasteiger partial charge in [-0.25, -0.2) is 8.42 Å². The zero-order chi connectivity index (χ0) is 20.7. The molecule has 8 heteroatoms. The van der Waals surface area contributed by atoms with Crippen molar-refractivity contribution in [2.24, 2.45) is 0 Å². The predicted molar refractivity (Wildman–Crippen MR) is 109 cm³/mol. The Morgan fingerprint density at radius 2 is 1.79 bits per heavy atom. The lowest BCUT2D eigenvalue weighted by atomic mass is 10.1. The molecule has 0 radical (unpaired) electrons. The second kappa shape index (κ2) is 9.45. The minimum absolute atomic E-state index is 0.150. The van der Waals surface area contributed by atoms with Crippen molar-refractivity contribution in [2.45, 2.75) is 19.9 Å². The van der Waals surface area contributed by atoms with Crippen LogP contribution in [-0.4, -0.2) is 40.8 Å². The third-order valence-electron chi connectivity index (χ3n) is 4.17. The van der Waals surface area contributed by atoms with Crippen LogP contribution in [0.1, 0.15) is 25.5 Å². The number of hydrogen-bond acceptors (Lipinski definition) is 5. The Morgan fingerprint density at radius 1 is 1.14 bits per heavy atom. The fraction of sp³-hybridized carbons (Fsp3) is 0.350. The summed E-state index contributed by atoms with van der Waals surface area (Å²) in [5, 5.41) is 2.87. The lowest BCUT2D eigenvalue weighted by molar-refractivity contribution is -0.123. The summed E-state index contributed by atoms with van der Waals surface area (Å²) in [7, 11) is -1.75. The molecule has 2 aromatic carbocycles. The number of anilines is 1. The van der Waals surface area contributed by atoms with Gasteiger partial charge in [-0.1, -0.05) is 18.2 Å². The second-order valence-electron chi connectivity index (χ2n) is 6.24. The molecule has 1 unspecified atom stereocenters. The predicted octanol–water partition coefficient (Wildman–Crippen LogP) is 2.74. The first kappa shape index (κ1) is 21.6. The van der Waals surface area contributed by atoms with E-state index in [1.165, 1.54) is 4.31 Å². The second-order valence-corrected chi connectivity index (χ2v) is 8.15. The molecule has 2 rings (SSSR count). The minimum Gasteiger partial charge on any atom is -0.496 e. The quantitative estimate of drug-likeness (QED) is 0.692. The summed E-state index contributed by atoms with van der Waals surface area (Å²) in [6.07, 6.45) is 1.16. The van der Waals surface area contributed by atoms with E-state index < -0.39 is 10.0 Å². The molecule has 1 N–H and O–H groups in total. The van der Waals surface area contributed by atoms with Crippen LogP contribution in [0.5, 0.6) is 11.5 Å². The van der Waals surface area contributed by atoms with E-state index in [9.17, 15) is 13.2 Å². The first-order valence-electron chi connectivity index (χ1n) is 8.89. The van der Waals surface area contributed by atoms with Crippen LogP contribution in [0.4, 0.5) is 5.69 Å². The molecule has 0 bridgehead atoms. The summed E-state index contributed by atoms with van der Waals surface area (Å²) in [5.74, 6) is 0.917. The van der Waals surface area contributed by atoms with Gasteiger partial charge in [0, 0.05) is 12.1 Å². The Morgan fingerprint density at radius 3 is 2.36 bits per heavy atom. The number of nitrogens with zero attached hydrogens (tertiary/aromatic N) is 1. The molecule has 0 aromatic heterocycles. The number of ether oxygens (including phenoxy) is 2. The van der Waals surface area contributed by atoms with Crippen molar-refractivity contribution in [1.82, 2.24) is 5.32 Å². The summed E-state index contributed by atoms with van der Waals surface area (Å²) in [5.41, 5.74) is 1.43. The molecule has 0 saturated heterocycles. The maximum Gasteiger partial charge on any atom is 0.258 e. The Bertz CT molecular complexity index is 897. The maximum absolute atomic E-state index is 12.2. The first-order valence-corrected chi connectivity index (χ1v) is 10.7. The standard InChI is InChI=1S/C20H26N2O5S/c1-5-22(28(4,24)25)16-10-12-17(13-11-16)27-14-20(23)21-15(2)18-8-6-7-9-19(18)26-3/h6-13,15H,5,14H2,1-4H3,(H,21,23). The zero-order valence-electron chi connectivity index (χ0n) is 16.5. The van der Waals surface area contributed by atoms with E-state index in [4.69, 9.17) is 9.47 Å². The average molecular weight is 407 g/mol. The molecule has 0 spiro atoms. The number of carbonyl (C=O) groups excluding carboxylic acids is 1. The fourth-order valence-corrected chi connectivity index (χ4v) is 3.82. The van der Waals surface area contributed by atoms with Crippen molar-refractivity contribution in [3.05, 3.63) is 54.1 Å². The van der Waals surface area contributed by atoms with Crippen molar-refractivity contribution in [3.63, 3.8) is 0 Å². The molecule has 0 fully saturated rings. The summed E-state index contributed by atoms with van der Waals surface area (Å²) in [6.45, 7) is 3.82. The number of nitrogens with one attached hydrogen (secondary N) is 1. The van der Waals surface area contributed by atoms with Gasteiger partial charge in [-0.05, 0) is 44.2 Å². The Labute approximate surface area is 166 Å². The molecular weight excluding hydrogens is 380 g/mol. The zero-order valence-corrected chi connectivity index (χ0v) is 17.3. The summed E-state index contributed by atoms with van der Waals surface area (Å²) < 4.78 is 35.6. The lowest BCUT2D eigenvalue weighted by Gasteiger charge is -2.20. The van der Waals surface area contributed by atoms with E-state index in [1.807, 2.05) is 31.2 Å². The third-order valence-corrected chi connectivity index (χ3v) is 5.43. The van der Waals surface area contributed by atoms with Gasteiger partial charge in [-0.15, -0.1) is 0 Å². The smallest absolute Gasteiger partial charge is 0.258 e. The Balaban J connectivity index is 1.94. The highest BCUT2D eigenvalue weighted by Gasteiger charge is 2.16. The minimum atomic E-state index is -3.33. The molecule has 0 aliphatic rings. The van der Waals surface area contributed by atoms with E-state index in [0.29, 0.717) is 23.7 Å². The number of amides is 1. The molecule has 7 nitrogen and oxygen atoms in total. The van der Waals surface area contributed by atoms with Gasteiger partial charge in [0.1, 0.15) is 11.5 Å². The molecular formula is C20H26N2O5S. The van der Waals surface area contributed by atoms with E-state index >= 15 is 0 Å². The summed E-state index contributed by atoms with van der Waals surface area (Å²) in [6, 6.07) is 13.8. The van der Waals surface area contributed by atoms with Gasteiger partial charge < -0.3 is 14.8 Å². The summed E-state index contributed by atoms with van der Waals surface area (Å²) in [4.78, 5) is 12.2. The molecule has 152 valence electrons. The molecule has 2 aromatic rings. The Kier molecular flexibility index (Phi) is 7.28. The number of sulfonamides is 1. The number of benzene rings is 2. The molecule has 0 aliphatic carbocycles. The monoisotopic (exact) mass is 406 g/mol. The van der Waals surface area contributed by atoms with Crippen LogP contribution >= 0.6 is 0 Å². The van der Waals surface area contributed by atoms with Gasteiger partial charge in [-0.3, -0.25) is 9.10 Å². The number of para-hydroxylation sites is 1. The molecule has 1 amide bonds. The average Bonchev–Trinajstić information content (AvgIpc) is 2.66. The van der Waals surface area contributed by atoms with Crippen LogP contribution in [0.25, 0.3) is 0 Å². The normalized spacial score (nSPS) is 12.1. The van der Waals surface area contributed by atoms with Crippen LogP contribution in [0, 0.1) is 0 Å². The van der Waals surface area contributed by atoms with Crippen molar-refractivity contribution in [2.75, 3.05) is 30.8 Å². The third kappa shape index (κ3) is 5.63. The largest absolute Gasteiger partial charge is 0.496 e. The first-order chi connectivity index (χ1) is 13.3. The SMILES string of the molecule is CCN(c1ccc(OCC(=O)NC(C)c2ccccc2OC)cc1)S(C)(=O)=O. The molecule has 28 heavy (non-hydrogen) atoms. The van der Waals surface area contributed by atoms with Crippen molar-refractivity contribution < 1.29 is 22.7 Å². The van der Waals surface area contributed by atoms with E-state index in [1.54, 1.807) is 38.3 Å². The topological polar surface area (TPSA) is 84.9 Å². The maximum atomic E-state index is 12.2. The number of hydrogen-bond donors (Lipinski definition) is 1. The van der Waals surface area contributed by atoms with Gasteiger partial charge in [0.15, 0.2) is 6.61 Å². The van der Waals surface area contributed by atoms with E-state index in [0.717, 1.165) is 11.8 Å². The van der Waals surface area contributed by atoms with Gasteiger partial charge in [0.05, 0.1) is 25.1 Å². The van der Waals surface area contributed by atoms with Crippen LogP contribution in [-0.2, 0) is 14.8 Å². The van der Waals surface area contributed by atoms with Crippen molar-refractivity contribution in [1.29, 1.82) is 0 Å². The highest BCUT2D eigenvalue weighted by Crippen LogP contribution is 2.24. The van der Waals surface area contributed by atoms with Crippen LogP contribution < -0.4 is 19.1 Å². The fourth-order valence-electron chi connectivity index (χ4n) is 2.85. The molecule has 0 aliphatic heterocycles. The van der Waals surface area contributed by atoms with Gasteiger partial charge in [-0.2, -0.15) is 0 Å². The van der Waals surface area contributed by atoms with E-state index in [2.05, 4.69) is 5.32 Å². The van der Waals surface area contributed by atoms with Gasteiger partial charge in [0.2, 0.25) is 10.0 Å². The van der Waals surface area contributed by atoms with Gasteiger partial charge >= 0.3 is 0 Å². The summed E-state index contributed by atoms with van der Waals surface area (Å²) >= 11 is 0. The number of rotatable bonds is 9. The molecule has 0 heterocycles. The highest BCUT2D eigenvalue weighted by atomic mass is 32.2. The van der Waals surface area contributed by atoms with Crippen LogP contribution in [0.15, 0.2) is 48.5 Å². The van der Waals surface area contributed by atoms with Gasteiger partial charge in [0.25, 0.3) is 5.91 Å². The number of methoxy groups -OCH3 is 1. The van der Waals surface area contributed by atoms with E-state index in [-0.39, 0.29) is 18.6 Å². The van der Waals surface area contributed by atoms with Crippen molar-refractivity contribution >= 4 is 21.6 Å².